The predicted octanol–water partition coefficient (Wildman–Crippen LogP) is 4.55. The molecule has 0 radical (unpaired) electrons. The van der Waals surface area contributed by atoms with Crippen molar-refractivity contribution in [1.82, 2.24) is 9.21 Å². The molecule has 1 aliphatic heterocycles. The van der Waals surface area contributed by atoms with Gasteiger partial charge in [-0.05, 0) is 24.1 Å². The highest BCUT2D eigenvalue weighted by molar-refractivity contribution is 7.88. The van der Waals surface area contributed by atoms with Gasteiger partial charge in [0.05, 0.1) is 24.1 Å². The summed E-state index contributed by atoms with van der Waals surface area (Å²) in [7, 11) is -3.62. The maximum absolute atomic E-state index is 13.5. The number of unbranched alkanes of at least 4 members (excludes halogenated alkanes) is 3. The van der Waals surface area contributed by atoms with Gasteiger partial charge in [0.15, 0.2) is 0 Å². The van der Waals surface area contributed by atoms with E-state index in [1.54, 1.807) is 29.2 Å². The molecule has 1 heterocycles. The number of halogens is 2. The first-order valence-corrected chi connectivity index (χ1v) is 14.7. The number of sulfonamides is 1. The fourth-order valence-corrected chi connectivity index (χ4v) is 5.99. The Morgan fingerprint density at radius 2 is 1.82 bits per heavy atom. The van der Waals surface area contributed by atoms with E-state index in [2.05, 4.69) is 12.2 Å². The third-order valence-electron chi connectivity index (χ3n) is 6.37. The molecule has 1 fully saturated rings. The van der Waals surface area contributed by atoms with E-state index in [9.17, 15) is 22.0 Å². The first-order chi connectivity index (χ1) is 18.7. The van der Waals surface area contributed by atoms with Gasteiger partial charge in [0.25, 0.3) is 5.91 Å². The molecule has 1 amide bonds. The zero-order valence-electron chi connectivity index (χ0n) is 22.1. The van der Waals surface area contributed by atoms with Crippen LogP contribution in [0.5, 0.6) is 0 Å². The monoisotopic (exact) mass is 562 g/mol. The largest absolute Gasteiger partial charge is 0.379 e. The highest BCUT2D eigenvalue weighted by Gasteiger charge is 2.34. The van der Waals surface area contributed by atoms with Gasteiger partial charge < -0.3 is 20.4 Å². The van der Waals surface area contributed by atoms with E-state index in [1.807, 2.05) is 6.07 Å². The molecule has 0 aromatic heterocycles. The van der Waals surface area contributed by atoms with Crippen LogP contribution in [0.3, 0.4) is 0 Å². The Balaban J connectivity index is 1.75. The maximum atomic E-state index is 13.5. The van der Waals surface area contributed by atoms with E-state index >= 15 is 0 Å². The van der Waals surface area contributed by atoms with Gasteiger partial charge in [-0.15, -0.1) is 0 Å². The summed E-state index contributed by atoms with van der Waals surface area (Å²) in [6, 6.07) is 11.2. The molecular formula is C28H36F2N4O4S. The lowest BCUT2D eigenvalue weighted by Crippen LogP contribution is -2.56. The van der Waals surface area contributed by atoms with E-state index in [4.69, 9.17) is 10.1 Å². The van der Waals surface area contributed by atoms with Gasteiger partial charge in [-0.25, -0.2) is 17.2 Å². The second-order valence-corrected chi connectivity index (χ2v) is 11.4. The Morgan fingerprint density at radius 3 is 2.49 bits per heavy atom. The zero-order valence-corrected chi connectivity index (χ0v) is 22.9. The van der Waals surface area contributed by atoms with E-state index in [0.29, 0.717) is 18.2 Å². The van der Waals surface area contributed by atoms with Gasteiger partial charge in [0.1, 0.15) is 11.6 Å². The van der Waals surface area contributed by atoms with Crippen LogP contribution < -0.4 is 5.32 Å². The third-order valence-corrected chi connectivity index (χ3v) is 8.19. The predicted molar refractivity (Wildman–Crippen MR) is 148 cm³/mol. The van der Waals surface area contributed by atoms with E-state index in [0.717, 1.165) is 50.1 Å². The van der Waals surface area contributed by atoms with Gasteiger partial charge in [0, 0.05) is 50.3 Å². The molecule has 0 aliphatic carbocycles. The summed E-state index contributed by atoms with van der Waals surface area (Å²) in [6.45, 7) is 3.40. The minimum absolute atomic E-state index is 0.0538. The second kappa shape index (κ2) is 14.9. The summed E-state index contributed by atoms with van der Waals surface area (Å²) in [6.07, 6.45) is 6.30. The minimum Gasteiger partial charge on any atom is -0.379 e. The molecule has 0 bridgehead atoms. The molecular weight excluding hydrogens is 526 g/mol. The van der Waals surface area contributed by atoms with Gasteiger partial charge in [-0.1, -0.05) is 56.5 Å². The highest BCUT2D eigenvalue weighted by atomic mass is 32.2. The van der Waals surface area contributed by atoms with Crippen molar-refractivity contribution in [2.24, 2.45) is 0 Å². The number of carbonyl (C=O) groups is 1. The molecule has 1 saturated heterocycles. The Labute approximate surface area is 229 Å². The molecule has 8 nitrogen and oxygen atoms in total. The quantitative estimate of drug-likeness (QED) is 0.200. The van der Waals surface area contributed by atoms with Crippen molar-refractivity contribution < 1.29 is 26.7 Å². The topological polar surface area (TPSA) is 103 Å². The van der Waals surface area contributed by atoms with Crippen LogP contribution in [0.15, 0.2) is 60.3 Å². The van der Waals surface area contributed by atoms with Crippen molar-refractivity contribution in [3.63, 3.8) is 0 Å². The van der Waals surface area contributed by atoms with Crippen LogP contribution in [0.25, 0.3) is 0 Å². The molecule has 0 spiro atoms. The van der Waals surface area contributed by atoms with Crippen LogP contribution in [0.1, 0.15) is 38.2 Å². The molecule has 3 rings (SSSR count). The first-order valence-electron chi connectivity index (χ1n) is 13.1. The number of anilines is 1. The molecule has 1 atom stereocenters. The zero-order chi connectivity index (χ0) is 28.3. The molecule has 2 aromatic rings. The SMILES string of the molecule is CCCCCCOCC1CN(S(=O)(=O)Cc2ccccc2)CCN1/C(C=N)=C/C(=O)Nc1cc(F)cc(F)c1. The van der Waals surface area contributed by atoms with Gasteiger partial charge in [-0.3, -0.25) is 4.79 Å². The van der Waals surface area contributed by atoms with Crippen molar-refractivity contribution in [2.45, 2.75) is 44.4 Å². The molecule has 2 N–H and O–H groups in total. The summed E-state index contributed by atoms with van der Waals surface area (Å²) < 4.78 is 60.8. The van der Waals surface area contributed by atoms with Crippen LogP contribution in [-0.2, 0) is 25.3 Å². The highest BCUT2D eigenvalue weighted by Crippen LogP contribution is 2.21. The van der Waals surface area contributed by atoms with Crippen molar-refractivity contribution >= 4 is 27.8 Å². The number of carbonyl (C=O) groups excluding carboxylic acids is 1. The lowest BCUT2D eigenvalue weighted by Gasteiger charge is -2.42. The normalized spacial score (nSPS) is 16.7. The average molecular weight is 563 g/mol. The Bertz CT molecular complexity index is 1220. The summed E-state index contributed by atoms with van der Waals surface area (Å²) in [5, 5.41) is 10.3. The average Bonchev–Trinajstić information content (AvgIpc) is 2.89. The van der Waals surface area contributed by atoms with Crippen LogP contribution in [0.4, 0.5) is 14.5 Å². The molecule has 39 heavy (non-hydrogen) atoms. The molecule has 1 aliphatic rings. The standard InChI is InChI=1S/C28H36F2N4O4S/c1-2-3-4-8-13-38-20-27-19-33(39(36,37)21-22-9-6-5-7-10-22)11-12-34(27)26(18-31)17-28(35)32-25-15-23(29)14-24(30)16-25/h5-7,9-10,14-18,27,31H,2-4,8,11-13,19-21H2,1H3,(H,32,35)/b26-17+,31-18?. The summed E-state index contributed by atoms with van der Waals surface area (Å²) in [5.41, 5.74) is 0.875. The molecule has 0 saturated carbocycles. The number of benzene rings is 2. The number of hydrogen-bond donors (Lipinski definition) is 2. The maximum Gasteiger partial charge on any atom is 0.250 e. The molecule has 11 heteroatoms. The lowest BCUT2D eigenvalue weighted by atomic mass is 10.1. The number of nitrogens with one attached hydrogen (secondary N) is 2. The number of rotatable bonds is 14. The smallest absolute Gasteiger partial charge is 0.250 e. The van der Waals surface area contributed by atoms with Crippen LogP contribution in [-0.4, -0.2) is 68.6 Å². The van der Waals surface area contributed by atoms with E-state index in [1.165, 1.54) is 4.31 Å². The van der Waals surface area contributed by atoms with Crippen molar-refractivity contribution in [3.8, 4) is 0 Å². The summed E-state index contributed by atoms with van der Waals surface area (Å²) in [4.78, 5) is 14.4. The lowest BCUT2D eigenvalue weighted by molar-refractivity contribution is -0.112. The van der Waals surface area contributed by atoms with E-state index in [-0.39, 0.29) is 43.4 Å². The van der Waals surface area contributed by atoms with Crippen LogP contribution >= 0.6 is 0 Å². The first kappa shape index (κ1) is 30.4. The minimum atomic E-state index is -3.62. The van der Waals surface area contributed by atoms with Gasteiger partial charge in [0.2, 0.25) is 10.0 Å². The number of hydrogen-bond acceptors (Lipinski definition) is 6. The fourth-order valence-electron chi connectivity index (χ4n) is 4.43. The summed E-state index contributed by atoms with van der Waals surface area (Å²) in [5.74, 6) is -2.45. The Hall–Kier alpha value is -3.15. The second-order valence-electron chi connectivity index (χ2n) is 9.44. The third kappa shape index (κ3) is 9.52. The van der Waals surface area contributed by atoms with Crippen molar-refractivity contribution in [1.29, 1.82) is 5.41 Å². The number of ether oxygens (including phenoxy) is 1. The number of amides is 1. The van der Waals surface area contributed by atoms with Crippen LogP contribution in [0, 0.1) is 17.0 Å². The Kier molecular flexibility index (Phi) is 11.6. The van der Waals surface area contributed by atoms with Crippen molar-refractivity contribution in [3.05, 3.63) is 77.5 Å². The van der Waals surface area contributed by atoms with Gasteiger partial charge in [-0.2, -0.15) is 4.31 Å². The van der Waals surface area contributed by atoms with Gasteiger partial charge >= 0.3 is 0 Å². The number of piperazine rings is 1. The van der Waals surface area contributed by atoms with Crippen molar-refractivity contribution in [2.75, 3.05) is 38.2 Å². The van der Waals surface area contributed by atoms with Crippen LogP contribution in [0.2, 0.25) is 0 Å². The Morgan fingerprint density at radius 1 is 1.10 bits per heavy atom. The molecule has 1 unspecified atom stereocenters. The fraction of sp³-hybridized carbons (Fsp3) is 0.429. The number of nitrogens with zero attached hydrogens (tertiary/aromatic N) is 2. The van der Waals surface area contributed by atoms with E-state index < -0.39 is 33.6 Å². The number of allylic oxidation sites excluding steroid dienone is 1. The molecule has 2 aromatic carbocycles. The summed E-state index contributed by atoms with van der Waals surface area (Å²) >= 11 is 0. The molecule has 212 valence electrons.